The summed E-state index contributed by atoms with van der Waals surface area (Å²) >= 11 is 2.74. The van der Waals surface area contributed by atoms with Crippen LogP contribution in [0.4, 0.5) is 0 Å². The van der Waals surface area contributed by atoms with E-state index in [0.29, 0.717) is 12.8 Å². The van der Waals surface area contributed by atoms with Crippen molar-refractivity contribution in [3.63, 3.8) is 0 Å². The summed E-state index contributed by atoms with van der Waals surface area (Å²) in [6.07, 6.45) is 1.66. The summed E-state index contributed by atoms with van der Waals surface area (Å²) in [5.74, 6) is -5.25. The zero-order valence-corrected chi connectivity index (χ0v) is 45.0. The van der Waals surface area contributed by atoms with Crippen molar-refractivity contribution in [2.24, 2.45) is 11.8 Å². The van der Waals surface area contributed by atoms with Gasteiger partial charge in [0.15, 0.2) is 0 Å². The van der Waals surface area contributed by atoms with Crippen molar-refractivity contribution in [3.8, 4) is 0 Å². The predicted octanol–water partition coefficient (Wildman–Crippen LogP) is 3.21. The minimum Gasteiger partial charge on any atom is -0.391 e. The number of nitrogens with one attached hydrogen (secondary N) is 6. The van der Waals surface area contributed by atoms with Crippen LogP contribution in [0.5, 0.6) is 0 Å². The van der Waals surface area contributed by atoms with Crippen LogP contribution in [0, 0.1) is 11.8 Å². The van der Waals surface area contributed by atoms with Gasteiger partial charge in [0, 0.05) is 48.0 Å². The summed E-state index contributed by atoms with van der Waals surface area (Å²) in [4.78, 5) is 124. The Morgan fingerprint density at radius 3 is 1.79 bits per heavy atom. The van der Waals surface area contributed by atoms with Crippen LogP contribution in [0.3, 0.4) is 0 Å². The summed E-state index contributed by atoms with van der Waals surface area (Å²) in [5, 5.41) is 26.4. The minimum atomic E-state index is -1.51. The van der Waals surface area contributed by atoms with Crippen molar-refractivity contribution in [3.05, 3.63) is 71.9 Å². The number of benzene rings is 2. The lowest BCUT2D eigenvalue weighted by molar-refractivity contribution is -0.148. The SMILES string of the molecule is CC[C@H](C)[C@@H]1NC(=O)[C@@H]2CCCN2C(=O)[C@H]([C@@H](C)O)NC(=O)[C@H](CC(C)C)NC(=O)[C@@H]2CSC(C)(C)N2C(=O)[C@H](Cc2ccccc2)NC(=O)[C@H](Cc2c[nH]c3ccccc23)NC(=O)[C@@H]2CSC(C)(C)N2C1=O. The van der Waals surface area contributed by atoms with Gasteiger partial charge in [-0.15, -0.1) is 23.5 Å². The number of para-hydroxylation sites is 1. The van der Waals surface area contributed by atoms with E-state index in [0.717, 1.165) is 22.0 Å². The summed E-state index contributed by atoms with van der Waals surface area (Å²) in [6, 6.07) is 7.05. The topological polar surface area (TPSA) is 242 Å². The third-order valence-corrected chi connectivity index (χ3v) is 17.5. The van der Waals surface area contributed by atoms with Gasteiger partial charge in [-0.25, -0.2) is 0 Å². The van der Waals surface area contributed by atoms with Gasteiger partial charge in [-0.1, -0.05) is 82.6 Å². The van der Waals surface area contributed by atoms with Crippen LogP contribution >= 0.6 is 23.5 Å². The summed E-state index contributed by atoms with van der Waals surface area (Å²) in [7, 11) is 0. The molecular formula is C53H73N9O9S2. The number of nitrogens with zero attached hydrogens (tertiary/aromatic N) is 3. The number of aromatic amines is 1. The third-order valence-electron chi connectivity index (χ3n) is 14.7. The molecule has 18 nitrogen and oxygen atoms in total. The van der Waals surface area contributed by atoms with Gasteiger partial charge in [0.2, 0.25) is 47.3 Å². The predicted molar refractivity (Wildman–Crippen MR) is 281 cm³/mol. The van der Waals surface area contributed by atoms with Gasteiger partial charge in [0.1, 0.15) is 48.3 Å². The number of amides is 8. The van der Waals surface area contributed by atoms with Crippen molar-refractivity contribution in [2.45, 2.75) is 165 Å². The molecule has 73 heavy (non-hydrogen) atoms. The Hall–Kier alpha value is -5.60. The number of aromatic nitrogens is 1. The number of hydrogen-bond acceptors (Lipinski definition) is 11. The van der Waals surface area contributed by atoms with Crippen LogP contribution in [-0.2, 0) is 51.2 Å². The molecule has 3 aromatic rings. The van der Waals surface area contributed by atoms with Crippen LogP contribution in [-0.4, -0.2) is 154 Å². The van der Waals surface area contributed by atoms with Crippen LogP contribution in [0.25, 0.3) is 10.9 Å². The molecule has 4 fully saturated rings. The maximum Gasteiger partial charge on any atom is 0.248 e. The van der Waals surface area contributed by atoms with Crippen LogP contribution in [0.15, 0.2) is 60.8 Å². The molecule has 0 bridgehead atoms. The number of aliphatic hydroxyl groups excluding tert-OH is 1. The molecule has 10 atom stereocenters. The quantitative estimate of drug-likeness (QED) is 0.164. The molecule has 0 saturated carbocycles. The van der Waals surface area contributed by atoms with E-state index in [1.54, 1.807) is 6.20 Å². The van der Waals surface area contributed by atoms with Crippen molar-refractivity contribution in [2.75, 3.05) is 18.1 Å². The van der Waals surface area contributed by atoms with Gasteiger partial charge in [-0.05, 0) is 82.9 Å². The fraction of sp³-hybridized carbons (Fsp3) is 0.585. The second-order valence-corrected chi connectivity index (χ2v) is 24.6. The number of rotatable bonds is 9. The first-order chi connectivity index (χ1) is 34.5. The Morgan fingerprint density at radius 1 is 0.630 bits per heavy atom. The fourth-order valence-electron chi connectivity index (χ4n) is 10.5. The molecule has 4 aliphatic heterocycles. The van der Waals surface area contributed by atoms with E-state index in [1.807, 2.05) is 110 Å². The molecule has 0 radical (unpaired) electrons. The number of H-pyrrole nitrogens is 1. The highest BCUT2D eigenvalue weighted by atomic mass is 32.2. The van der Waals surface area contributed by atoms with E-state index in [-0.39, 0.29) is 49.7 Å². The molecule has 396 valence electrons. The average Bonchev–Trinajstić information content (AvgIpc) is 4.14. The van der Waals surface area contributed by atoms with Crippen LogP contribution in [0.1, 0.15) is 99.1 Å². The summed E-state index contributed by atoms with van der Waals surface area (Å²) in [6.45, 7) is 16.2. The highest BCUT2D eigenvalue weighted by Gasteiger charge is 2.52. The van der Waals surface area contributed by atoms with E-state index < -0.39 is 117 Å². The third kappa shape index (κ3) is 12.2. The van der Waals surface area contributed by atoms with Gasteiger partial charge in [-0.2, -0.15) is 0 Å². The van der Waals surface area contributed by atoms with Crippen LogP contribution < -0.4 is 26.6 Å². The number of thioether (sulfide) groups is 2. The van der Waals surface area contributed by atoms with Gasteiger partial charge < -0.3 is 51.4 Å². The van der Waals surface area contributed by atoms with E-state index >= 15 is 14.4 Å². The number of carbonyl (C=O) groups is 8. The highest BCUT2D eigenvalue weighted by Crippen LogP contribution is 2.41. The van der Waals surface area contributed by atoms with Gasteiger partial charge >= 0.3 is 0 Å². The Morgan fingerprint density at radius 2 is 1.18 bits per heavy atom. The Labute approximate surface area is 436 Å². The molecular weight excluding hydrogens is 971 g/mol. The smallest absolute Gasteiger partial charge is 0.248 e. The molecule has 7 rings (SSSR count). The average molecular weight is 1040 g/mol. The molecule has 8 amide bonds. The van der Waals surface area contributed by atoms with Crippen LogP contribution in [0.2, 0.25) is 0 Å². The number of fused-ring (bicyclic) bond motifs is 4. The zero-order chi connectivity index (χ0) is 53.1. The molecule has 1 aromatic heterocycles. The van der Waals surface area contributed by atoms with Crippen molar-refractivity contribution < 1.29 is 43.5 Å². The molecule has 20 heteroatoms. The summed E-state index contributed by atoms with van der Waals surface area (Å²) < 4.78 is 0. The van der Waals surface area contributed by atoms with Crippen molar-refractivity contribution in [1.82, 2.24) is 46.3 Å². The van der Waals surface area contributed by atoms with Crippen molar-refractivity contribution >= 4 is 81.7 Å². The molecule has 0 aliphatic carbocycles. The lowest BCUT2D eigenvalue weighted by Gasteiger charge is -2.39. The maximum atomic E-state index is 15.4. The maximum absolute atomic E-state index is 15.4. The van der Waals surface area contributed by atoms with Gasteiger partial charge in [0.25, 0.3) is 0 Å². The first-order valence-corrected chi connectivity index (χ1v) is 27.5. The first kappa shape index (κ1) is 55.2. The molecule has 2 aromatic carbocycles. The first-order valence-electron chi connectivity index (χ1n) is 25.6. The minimum absolute atomic E-state index is 0.00148. The van der Waals surface area contributed by atoms with Gasteiger partial charge in [0.05, 0.1) is 15.8 Å². The monoisotopic (exact) mass is 1040 g/mol. The number of carbonyl (C=O) groups excluding carboxylic acids is 8. The molecule has 5 heterocycles. The molecule has 0 spiro atoms. The second kappa shape index (κ2) is 22.9. The summed E-state index contributed by atoms with van der Waals surface area (Å²) in [5.41, 5.74) is 2.25. The van der Waals surface area contributed by atoms with E-state index in [2.05, 4.69) is 31.6 Å². The Balaban J connectivity index is 1.33. The van der Waals surface area contributed by atoms with Gasteiger partial charge in [-0.3, -0.25) is 38.4 Å². The molecule has 4 saturated heterocycles. The zero-order valence-electron chi connectivity index (χ0n) is 43.4. The standard InChI is InChI=1S/C53H73N9O9S2/c1-10-30(4)42-51(71)62-41(28-73-53(62,8)9)48(68)56-37(25-33-26-54-35-20-15-14-19-34(33)35)44(64)57-38(24-32-17-12-11-13-18-32)49(69)61-40(27-72-52(61,6)7)47(67)55-36(23-29(2)3)45(65)59-43(31(5)63)50(70)60-22-16-21-39(60)46(66)58-42/h11-15,17-20,26,29-31,36-43,54,63H,10,16,21-25,27-28H2,1-9H3,(H,55,67)(H,56,68)(H,57,64)(H,58,66)(H,59,65)/t30-,31+,36-,37-,38-,39-,40-,41-,42-,43-/m0/s1. The molecule has 4 aliphatic rings. The normalized spacial score (nSPS) is 28.6. The van der Waals surface area contributed by atoms with E-state index in [1.165, 1.54) is 45.1 Å². The largest absolute Gasteiger partial charge is 0.391 e. The van der Waals surface area contributed by atoms with Crippen molar-refractivity contribution in [1.29, 1.82) is 0 Å². The van der Waals surface area contributed by atoms with E-state index in [9.17, 15) is 29.1 Å². The Kier molecular flexibility index (Phi) is 17.3. The number of hydrogen-bond donors (Lipinski definition) is 7. The lowest BCUT2D eigenvalue weighted by Crippen LogP contribution is -2.64. The number of aliphatic hydroxyl groups is 1. The lowest BCUT2D eigenvalue weighted by atomic mass is 9.95. The van der Waals surface area contributed by atoms with E-state index in [4.69, 9.17) is 0 Å². The highest BCUT2D eigenvalue weighted by molar-refractivity contribution is 8.01. The second-order valence-electron chi connectivity index (χ2n) is 21.3. The molecule has 7 N–H and O–H groups in total. The Bertz CT molecular complexity index is 2550. The molecule has 0 unspecified atom stereocenters. The fourth-order valence-corrected chi connectivity index (χ4v) is 12.9.